The molecular weight excluding hydrogens is 248 g/mol. The average molecular weight is 268 g/mol. The third-order valence-electron chi connectivity index (χ3n) is 6.44. The fourth-order valence-electron chi connectivity index (χ4n) is 4.52. The van der Waals surface area contributed by atoms with Crippen molar-refractivity contribution in [3.05, 3.63) is 35.7 Å². The molecule has 2 atom stereocenters. The Morgan fingerprint density at radius 3 is 2.20 bits per heavy atom. The predicted molar refractivity (Wildman–Crippen MR) is 78.7 cm³/mol. The first-order chi connectivity index (χ1) is 9.46. The van der Waals surface area contributed by atoms with Gasteiger partial charge in [0.05, 0.1) is 29.0 Å². The molecule has 3 nitrogen and oxygen atoms in total. The van der Waals surface area contributed by atoms with Crippen molar-refractivity contribution in [2.45, 2.75) is 44.4 Å². The molecule has 1 N–H and O–H groups in total. The first kappa shape index (κ1) is 12.3. The summed E-state index contributed by atoms with van der Waals surface area (Å²) in [4.78, 5) is 9.82. The van der Waals surface area contributed by atoms with E-state index in [-0.39, 0.29) is 22.9 Å². The number of aromatic nitrogens is 2. The molecule has 0 aliphatic heterocycles. The molecule has 4 rings (SSSR count). The number of hydrogen-bond donors (Lipinski definition) is 1. The maximum atomic E-state index is 10.1. The van der Waals surface area contributed by atoms with Gasteiger partial charge in [-0.1, -0.05) is 32.9 Å². The molecule has 0 spiro atoms. The maximum Gasteiger partial charge on any atom is 0.0890 e. The minimum atomic E-state index is -0.228. The van der Waals surface area contributed by atoms with Gasteiger partial charge in [0.25, 0.3) is 0 Å². The molecule has 1 fully saturated rings. The van der Waals surface area contributed by atoms with Crippen LogP contribution in [0.2, 0.25) is 0 Å². The normalized spacial score (nSPS) is 33.6. The summed E-state index contributed by atoms with van der Waals surface area (Å²) in [7, 11) is 0. The lowest BCUT2D eigenvalue weighted by Crippen LogP contribution is -2.42. The second kappa shape index (κ2) is 3.40. The highest BCUT2D eigenvalue weighted by molar-refractivity contribution is 5.75. The number of fused-ring (bicyclic) bond motifs is 6. The van der Waals surface area contributed by atoms with E-state index in [4.69, 9.17) is 9.97 Å². The summed E-state index contributed by atoms with van der Waals surface area (Å²) < 4.78 is 0. The summed E-state index contributed by atoms with van der Waals surface area (Å²) in [5.74, 6) is 0. The third kappa shape index (κ3) is 1.05. The number of nitrogens with zero attached hydrogens (tertiary/aromatic N) is 2. The van der Waals surface area contributed by atoms with E-state index in [1.54, 1.807) is 0 Å². The molecule has 0 amide bonds. The zero-order chi connectivity index (χ0) is 14.2. The van der Waals surface area contributed by atoms with Crippen molar-refractivity contribution in [1.82, 2.24) is 9.97 Å². The van der Waals surface area contributed by atoms with Crippen LogP contribution in [0.1, 0.15) is 45.0 Å². The molecule has 1 saturated carbocycles. The lowest BCUT2D eigenvalue weighted by molar-refractivity contribution is 0.0863. The molecule has 2 bridgehead atoms. The molecule has 0 radical (unpaired) electrons. The number of aliphatic hydroxyl groups excluding tert-OH is 1. The van der Waals surface area contributed by atoms with E-state index in [1.807, 2.05) is 24.3 Å². The van der Waals surface area contributed by atoms with E-state index in [9.17, 15) is 5.11 Å². The van der Waals surface area contributed by atoms with Crippen molar-refractivity contribution < 1.29 is 5.11 Å². The second-order valence-electron chi connectivity index (χ2n) is 7.11. The largest absolute Gasteiger partial charge is 0.395 e. The molecule has 2 aliphatic rings. The Labute approximate surface area is 119 Å². The zero-order valence-corrected chi connectivity index (χ0v) is 12.3. The maximum absolute atomic E-state index is 10.1. The Kier molecular flexibility index (Phi) is 2.08. The zero-order valence-electron chi connectivity index (χ0n) is 12.3. The standard InChI is InChI=1S/C17H20N2O/c1-15(2)16(3)8-9-17(15,10-20)14-13(16)18-11-6-4-5-7-12(11)19-14/h4-7,20H,8-10H2,1-3H3/t16-,17-/m0/s1. The summed E-state index contributed by atoms with van der Waals surface area (Å²) in [6, 6.07) is 8.03. The van der Waals surface area contributed by atoms with Crippen molar-refractivity contribution in [1.29, 1.82) is 0 Å². The van der Waals surface area contributed by atoms with E-state index < -0.39 is 0 Å². The smallest absolute Gasteiger partial charge is 0.0890 e. The molecule has 2 aromatic rings. The van der Waals surface area contributed by atoms with Gasteiger partial charge >= 0.3 is 0 Å². The minimum Gasteiger partial charge on any atom is -0.395 e. The lowest BCUT2D eigenvalue weighted by atomic mass is 9.64. The van der Waals surface area contributed by atoms with Gasteiger partial charge in [-0.15, -0.1) is 0 Å². The number of para-hydroxylation sites is 2. The van der Waals surface area contributed by atoms with Crippen LogP contribution in [0.5, 0.6) is 0 Å². The average Bonchev–Trinajstić information content (AvgIpc) is 2.74. The van der Waals surface area contributed by atoms with Crippen LogP contribution >= 0.6 is 0 Å². The van der Waals surface area contributed by atoms with Crippen molar-refractivity contribution in [3.8, 4) is 0 Å². The third-order valence-corrected chi connectivity index (χ3v) is 6.44. The molecule has 1 heterocycles. The Balaban J connectivity index is 2.12. The molecule has 3 heteroatoms. The van der Waals surface area contributed by atoms with Crippen LogP contribution in [0.4, 0.5) is 0 Å². The van der Waals surface area contributed by atoms with Crippen LogP contribution < -0.4 is 0 Å². The molecule has 20 heavy (non-hydrogen) atoms. The number of benzene rings is 1. The predicted octanol–water partition coefficient (Wildman–Crippen LogP) is 2.95. The van der Waals surface area contributed by atoms with E-state index in [0.29, 0.717) is 0 Å². The molecule has 1 aromatic heterocycles. The summed E-state index contributed by atoms with van der Waals surface area (Å²) in [6.07, 6.45) is 2.09. The lowest BCUT2D eigenvalue weighted by Gasteiger charge is -2.39. The number of rotatable bonds is 1. The molecule has 1 aromatic carbocycles. The van der Waals surface area contributed by atoms with E-state index in [0.717, 1.165) is 35.3 Å². The first-order valence-electron chi connectivity index (χ1n) is 7.35. The fraction of sp³-hybridized carbons (Fsp3) is 0.529. The van der Waals surface area contributed by atoms with E-state index in [2.05, 4.69) is 20.8 Å². The quantitative estimate of drug-likeness (QED) is 0.865. The van der Waals surface area contributed by atoms with Gasteiger partial charge in [0.2, 0.25) is 0 Å². The monoisotopic (exact) mass is 268 g/mol. The Hall–Kier alpha value is -1.48. The van der Waals surface area contributed by atoms with Crippen LogP contribution in [0, 0.1) is 5.41 Å². The summed E-state index contributed by atoms with van der Waals surface area (Å²) in [5, 5.41) is 10.1. The number of aliphatic hydroxyl groups is 1. The van der Waals surface area contributed by atoms with Gasteiger partial charge in [0.15, 0.2) is 0 Å². The van der Waals surface area contributed by atoms with E-state index in [1.165, 1.54) is 0 Å². The van der Waals surface area contributed by atoms with Gasteiger partial charge in [-0.2, -0.15) is 0 Å². The van der Waals surface area contributed by atoms with Crippen LogP contribution in [0.15, 0.2) is 24.3 Å². The molecule has 0 unspecified atom stereocenters. The Bertz CT molecular complexity index is 724. The number of hydrogen-bond acceptors (Lipinski definition) is 3. The van der Waals surface area contributed by atoms with Crippen LogP contribution in [0.25, 0.3) is 11.0 Å². The SMILES string of the molecule is CC1(C)[C@]2(CO)CC[C@@]1(C)c1nc3ccccc3nc12. The second-order valence-corrected chi connectivity index (χ2v) is 7.11. The van der Waals surface area contributed by atoms with Gasteiger partial charge in [0, 0.05) is 10.8 Å². The Morgan fingerprint density at radius 2 is 1.60 bits per heavy atom. The summed E-state index contributed by atoms with van der Waals surface area (Å²) in [6.45, 7) is 6.99. The topological polar surface area (TPSA) is 46.0 Å². The van der Waals surface area contributed by atoms with Crippen LogP contribution in [-0.2, 0) is 10.8 Å². The van der Waals surface area contributed by atoms with Crippen LogP contribution in [0.3, 0.4) is 0 Å². The van der Waals surface area contributed by atoms with Gasteiger partial charge in [0.1, 0.15) is 0 Å². The van der Waals surface area contributed by atoms with Crippen molar-refractivity contribution in [2.75, 3.05) is 6.61 Å². The van der Waals surface area contributed by atoms with E-state index >= 15 is 0 Å². The van der Waals surface area contributed by atoms with Crippen molar-refractivity contribution >= 4 is 11.0 Å². The highest BCUT2D eigenvalue weighted by Gasteiger charge is 2.69. The summed E-state index contributed by atoms with van der Waals surface area (Å²) >= 11 is 0. The molecule has 104 valence electrons. The van der Waals surface area contributed by atoms with Crippen molar-refractivity contribution in [2.24, 2.45) is 5.41 Å². The molecule has 2 aliphatic carbocycles. The summed E-state index contributed by atoms with van der Waals surface area (Å²) in [5.41, 5.74) is 3.83. The van der Waals surface area contributed by atoms with Crippen LogP contribution in [-0.4, -0.2) is 21.7 Å². The Morgan fingerprint density at radius 1 is 1.00 bits per heavy atom. The highest BCUT2D eigenvalue weighted by Crippen LogP contribution is 2.69. The first-order valence-corrected chi connectivity index (χ1v) is 7.35. The van der Waals surface area contributed by atoms with Gasteiger partial charge in [-0.3, -0.25) is 0 Å². The van der Waals surface area contributed by atoms with Gasteiger partial charge in [-0.05, 0) is 30.4 Å². The molecular formula is C17H20N2O. The van der Waals surface area contributed by atoms with Crippen molar-refractivity contribution in [3.63, 3.8) is 0 Å². The van der Waals surface area contributed by atoms with Gasteiger partial charge in [-0.25, -0.2) is 9.97 Å². The molecule has 0 saturated heterocycles. The van der Waals surface area contributed by atoms with Gasteiger partial charge < -0.3 is 5.11 Å². The minimum absolute atomic E-state index is 0.00550. The highest BCUT2D eigenvalue weighted by atomic mass is 16.3. The fourth-order valence-corrected chi connectivity index (χ4v) is 4.52.